The molecule has 1 atom stereocenters. The fraction of sp³-hybridized carbons (Fsp3) is 0.308. The lowest BCUT2D eigenvalue weighted by molar-refractivity contribution is -0.118. The number of hydrogen-bond donors (Lipinski definition) is 3. The lowest BCUT2D eigenvalue weighted by Crippen LogP contribution is -2.29. The van der Waals surface area contributed by atoms with Crippen LogP contribution in [0, 0.1) is 0 Å². The molecule has 11 nitrogen and oxygen atoms in total. The van der Waals surface area contributed by atoms with Crippen LogP contribution in [0.2, 0.25) is 0 Å². The van der Waals surface area contributed by atoms with E-state index in [1.54, 1.807) is 24.5 Å². The van der Waals surface area contributed by atoms with E-state index in [9.17, 15) is 9.59 Å². The lowest BCUT2D eigenvalue weighted by atomic mass is 10.0. The molecule has 4 heterocycles. The number of fused-ring (bicyclic) bond motifs is 1. The molecule has 37 heavy (non-hydrogen) atoms. The van der Waals surface area contributed by atoms with Crippen molar-refractivity contribution in [2.45, 2.75) is 19.1 Å². The van der Waals surface area contributed by atoms with Crippen LogP contribution in [-0.4, -0.2) is 60.9 Å². The molecule has 4 N–H and O–H groups in total. The number of rotatable bonds is 10. The van der Waals surface area contributed by atoms with Crippen LogP contribution in [0.1, 0.15) is 12.0 Å². The first-order valence-electron chi connectivity index (χ1n) is 12.1. The molecule has 0 aliphatic carbocycles. The van der Waals surface area contributed by atoms with E-state index >= 15 is 0 Å². The standard InChI is InChI=1S/C26H28N6O5/c27-7-9-35-21-11-19(13-29-14-21)18-3-1-2-17(10-18)12-28-8-6-20-15-32(26(34)37-20)23-5-4-22-25(30-23)31-24(33)16-36-22/h1-5,10-11,13-14,20,28H,6-9,12,15-16,27H2,(H,30,31,33)/t20-/m0/s1. The van der Waals surface area contributed by atoms with Gasteiger partial charge in [0, 0.05) is 24.8 Å². The number of benzene rings is 1. The number of carbonyl (C=O) groups is 2. The highest BCUT2D eigenvalue weighted by Gasteiger charge is 2.33. The van der Waals surface area contributed by atoms with Gasteiger partial charge in [-0.2, -0.15) is 0 Å². The van der Waals surface area contributed by atoms with Crippen molar-refractivity contribution in [3.63, 3.8) is 0 Å². The van der Waals surface area contributed by atoms with Crippen LogP contribution in [-0.2, 0) is 16.1 Å². The second-order valence-electron chi connectivity index (χ2n) is 8.68. The number of ether oxygens (including phenoxy) is 3. The fourth-order valence-corrected chi connectivity index (χ4v) is 4.15. The summed E-state index contributed by atoms with van der Waals surface area (Å²) >= 11 is 0. The number of carbonyl (C=O) groups excluding carboxylic acids is 2. The predicted octanol–water partition coefficient (Wildman–Crippen LogP) is 2.32. The summed E-state index contributed by atoms with van der Waals surface area (Å²) in [6.07, 6.45) is 3.41. The molecule has 5 rings (SSSR count). The molecule has 0 spiro atoms. The van der Waals surface area contributed by atoms with Crippen molar-refractivity contribution in [1.82, 2.24) is 15.3 Å². The molecule has 2 amide bonds. The lowest BCUT2D eigenvalue weighted by Gasteiger charge is -2.19. The van der Waals surface area contributed by atoms with Crippen molar-refractivity contribution in [3.8, 4) is 22.6 Å². The molecule has 1 fully saturated rings. The number of nitrogens with two attached hydrogens (primary N) is 1. The Hall–Kier alpha value is -4.22. The normalized spacial score (nSPS) is 16.6. The summed E-state index contributed by atoms with van der Waals surface area (Å²) in [5.41, 5.74) is 8.65. The van der Waals surface area contributed by atoms with Crippen LogP contribution in [0.25, 0.3) is 11.1 Å². The van der Waals surface area contributed by atoms with Gasteiger partial charge >= 0.3 is 6.09 Å². The minimum absolute atomic E-state index is 0.0479. The van der Waals surface area contributed by atoms with E-state index in [0.29, 0.717) is 62.3 Å². The summed E-state index contributed by atoms with van der Waals surface area (Å²) in [5.74, 6) is 1.60. The van der Waals surface area contributed by atoms with Gasteiger partial charge in [0.25, 0.3) is 5.91 Å². The highest BCUT2D eigenvalue weighted by atomic mass is 16.6. The van der Waals surface area contributed by atoms with E-state index in [1.165, 1.54) is 4.90 Å². The Morgan fingerprint density at radius 2 is 2.08 bits per heavy atom. The van der Waals surface area contributed by atoms with Crippen molar-refractivity contribution < 1.29 is 23.8 Å². The Bertz CT molecular complexity index is 1290. The molecule has 11 heteroatoms. The second-order valence-corrected chi connectivity index (χ2v) is 8.68. The zero-order valence-corrected chi connectivity index (χ0v) is 20.2. The van der Waals surface area contributed by atoms with Crippen molar-refractivity contribution in [2.75, 3.05) is 43.1 Å². The minimum atomic E-state index is -0.459. The third kappa shape index (κ3) is 5.96. The summed E-state index contributed by atoms with van der Waals surface area (Å²) < 4.78 is 16.4. The topological polar surface area (TPSA) is 141 Å². The van der Waals surface area contributed by atoms with Crippen LogP contribution in [0.4, 0.5) is 16.4 Å². The average molecular weight is 505 g/mol. The molecule has 1 saturated heterocycles. The molecule has 2 aromatic heterocycles. The highest BCUT2D eigenvalue weighted by molar-refractivity contribution is 5.95. The van der Waals surface area contributed by atoms with E-state index in [4.69, 9.17) is 19.9 Å². The van der Waals surface area contributed by atoms with E-state index in [1.807, 2.05) is 18.2 Å². The van der Waals surface area contributed by atoms with Crippen LogP contribution in [0.3, 0.4) is 0 Å². The Morgan fingerprint density at radius 1 is 1.16 bits per heavy atom. The molecule has 0 bridgehead atoms. The van der Waals surface area contributed by atoms with Crippen LogP contribution < -0.4 is 30.7 Å². The number of anilines is 2. The Kier molecular flexibility index (Phi) is 7.43. The number of cyclic esters (lactones) is 1. The molecule has 192 valence electrons. The summed E-state index contributed by atoms with van der Waals surface area (Å²) in [7, 11) is 0. The molecule has 2 aliphatic heterocycles. The van der Waals surface area contributed by atoms with Gasteiger partial charge in [-0.3, -0.25) is 14.7 Å². The SMILES string of the molecule is NCCOc1cncc(-c2cccc(CNCC[C@H]3CN(c4ccc5c(n4)NC(=O)CO5)C(=O)O3)c2)c1. The van der Waals surface area contributed by atoms with E-state index in [0.717, 1.165) is 16.7 Å². The van der Waals surface area contributed by atoms with Crippen LogP contribution in [0.15, 0.2) is 54.9 Å². The fourth-order valence-electron chi connectivity index (χ4n) is 4.15. The Balaban J connectivity index is 1.12. The second kappa shape index (κ2) is 11.2. The van der Waals surface area contributed by atoms with E-state index in [-0.39, 0.29) is 18.6 Å². The largest absolute Gasteiger partial charge is 0.491 e. The van der Waals surface area contributed by atoms with Gasteiger partial charge in [-0.05, 0) is 48.4 Å². The Labute approximate surface area is 213 Å². The molecule has 0 radical (unpaired) electrons. The maximum Gasteiger partial charge on any atom is 0.415 e. The number of pyridine rings is 2. The van der Waals surface area contributed by atoms with Gasteiger partial charge in [0.1, 0.15) is 24.3 Å². The third-order valence-corrected chi connectivity index (χ3v) is 5.94. The third-order valence-electron chi connectivity index (χ3n) is 5.94. The number of amides is 2. The summed E-state index contributed by atoms with van der Waals surface area (Å²) in [5, 5.41) is 6.07. The van der Waals surface area contributed by atoms with Crippen LogP contribution in [0.5, 0.6) is 11.5 Å². The van der Waals surface area contributed by atoms with Gasteiger partial charge in [-0.1, -0.05) is 18.2 Å². The molecule has 0 saturated carbocycles. The minimum Gasteiger partial charge on any atom is -0.491 e. The van der Waals surface area contributed by atoms with Crippen molar-refractivity contribution in [2.24, 2.45) is 5.73 Å². The van der Waals surface area contributed by atoms with Gasteiger partial charge in [-0.25, -0.2) is 9.78 Å². The first-order chi connectivity index (χ1) is 18.1. The van der Waals surface area contributed by atoms with Crippen molar-refractivity contribution >= 4 is 23.6 Å². The average Bonchev–Trinajstić information content (AvgIpc) is 3.30. The number of hydrogen-bond acceptors (Lipinski definition) is 9. The van der Waals surface area contributed by atoms with Gasteiger partial charge in [0.2, 0.25) is 0 Å². The van der Waals surface area contributed by atoms with E-state index in [2.05, 4.69) is 32.7 Å². The first-order valence-corrected chi connectivity index (χ1v) is 12.1. The van der Waals surface area contributed by atoms with Gasteiger partial charge in [0.05, 0.1) is 12.7 Å². The van der Waals surface area contributed by atoms with Gasteiger partial charge in [-0.15, -0.1) is 0 Å². The predicted molar refractivity (Wildman–Crippen MR) is 137 cm³/mol. The zero-order chi connectivity index (χ0) is 25.6. The maximum atomic E-state index is 12.4. The molecular weight excluding hydrogens is 476 g/mol. The monoisotopic (exact) mass is 504 g/mol. The van der Waals surface area contributed by atoms with Crippen LogP contribution >= 0.6 is 0 Å². The maximum absolute atomic E-state index is 12.4. The molecular formula is C26H28N6O5. The molecule has 0 unspecified atom stereocenters. The molecule has 1 aromatic carbocycles. The summed E-state index contributed by atoms with van der Waals surface area (Å²) in [6.45, 7) is 2.56. The number of nitrogens with one attached hydrogen (secondary N) is 2. The molecule has 3 aromatic rings. The van der Waals surface area contributed by atoms with E-state index < -0.39 is 6.09 Å². The van der Waals surface area contributed by atoms with Crippen molar-refractivity contribution in [3.05, 3.63) is 60.4 Å². The number of nitrogens with zero attached hydrogens (tertiary/aromatic N) is 3. The van der Waals surface area contributed by atoms with Crippen molar-refractivity contribution in [1.29, 1.82) is 0 Å². The Morgan fingerprint density at radius 3 is 2.97 bits per heavy atom. The first kappa shape index (κ1) is 24.5. The summed E-state index contributed by atoms with van der Waals surface area (Å²) in [6, 6.07) is 13.5. The van der Waals surface area contributed by atoms with Gasteiger partial charge < -0.3 is 30.6 Å². The number of aromatic nitrogens is 2. The highest BCUT2D eigenvalue weighted by Crippen LogP contribution is 2.30. The molecule has 2 aliphatic rings. The smallest absolute Gasteiger partial charge is 0.415 e. The zero-order valence-electron chi connectivity index (χ0n) is 20.2. The quantitative estimate of drug-likeness (QED) is 0.355. The van der Waals surface area contributed by atoms with Gasteiger partial charge in [0.15, 0.2) is 18.2 Å². The summed E-state index contributed by atoms with van der Waals surface area (Å²) in [4.78, 5) is 34.1.